The van der Waals surface area contributed by atoms with Crippen LogP contribution in [0.15, 0.2) is 84.9 Å². The maximum absolute atomic E-state index is 10.2. The summed E-state index contributed by atoms with van der Waals surface area (Å²) in [6.45, 7) is 3.08. The highest BCUT2D eigenvalue weighted by Gasteiger charge is 2.42. The zero-order valence-electron chi connectivity index (χ0n) is 14.7. The van der Waals surface area contributed by atoms with E-state index in [0.29, 0.717) is 13.2 Å². The van der Waals surface area contributed by atoms with Gasteiger partial charge in [0.1, 0.15) is 5.75 Å². The largest absolute Gasteiger partial charge is 0.508 e. The van der Waals surface area contributed by atoms with Gasteiger partial charge in [0.05, 0.1) is 18.8 Å². The van der Waals surface area contributed by atoms with Crippen LogP contribution in [0.3, 0.4) is 0 Å². The Morgan fingerprint density at radius 1 is 0.692 bits per heavy atom. The van der Waals surface area contributed by atoms with E-state index in [0.717, 1.165) is 18.7 Å². The van der Waals surface area contributed by atoms with Crippen molar-refractivity contribution < 1.29 is 9.84 Å². The number of hydrogen-bond acceptors (Lipinski definition) is 3. The highest BCUT2D eigenvalue weighted by Crippen LogP contribution is 2.43. The topological polar surface area (TPSA) is 32.7 Å². The Morgan fingerprint density at radius 3 is 1.77 bits per heavy atom. The van der Waals surface area contributed by atoms with E-state index in [1.807, 2.05) is 24.3 Å². The van der Waals surface area contributed by atoms with Gasteiger partial charge in [-0.2, -0.15) is 0 Å². The molecule has 0 atom stereocenters. The van der Waals surface area contributed by atoms with Crippen LogP contribution in [0.2, 0.25) is 0 Å². The van der Waals surface area contributed by atoms with Gasteiger partial charge in [-0.1, -0.05) is 72.8 Å². The fraction of sp³-hybridized carbons (Fsp3) is 0.217. The molecule has 0 aliphatic carbocycles. The van der Waals surface area contributed by atoms with Crippen LogP contribution in [0.5, 0.6) is 5.75 Å². The van der Waals surface area contributed by atoms with E-state index in [9.17, 15) is 5.11 Å². The predicted molar refractivity (Wildman–Crippen MR) is 103 cm³/mol. The molecule has 0 radical (unpaired) electrons. The van der Waals surface area contributed by atoms with Gasteiger partial charge in [0.25, 0.3) is 0 Å². The normalized spacial score (nSPS) is 15.7. The van der Waals surface area contributed by atoms with Crippen LogP contribution in [0, 0.1) is 0 Å². The maximum atomic E-state index is 10.2. The molecule has 1 aliphatic heterocycles. The molecule has 3 heteroatoms. The highest BCUT2D eigenvalue weighted by molar-refractivity contribution is 5.51. The smallest absolute Gasteiger partial charge is 0.115 e. The molecule has 26 heavy (non-hydrogen) atoms. The van der Waals surface area contributed by atoms with Crippen LogP contribution in [-0.2, 0) is 10.3 Å². The lowest BCUT2D eigenvalue weighted by Gasteiger charge is -2.47. The molecule has 3 aromatic rings. The van der Waals surface area contributed by atoms with Gasteiger partial charge in [0, 0.05) is 13.1 Å². The standard InChI is InChI=1S/C23H23NO2/c25-22-13-7-12-21(18-22)23(19-8-3-1-4-9-19,20-10-5-2-6-11-20)24-14-16-26-17-15-24/h1-13,18,25H,14-17H2. The van der Waals surface area contributed by atoms with Gasteiger partial charge < -0.3 is 9.84 Å². The molecule has 0 saturated carbocycles. The van der Waals surface area contributed by atoms with Crippen LogP contribution in [0.25, 0.3) is 0 Å². The minimum atomic E-state index is -0.467. The van der Waals surface area contributed by atoms with Gasteiger partial charge in [0.15, 0.2) is 0 Å². The van der Waals surface area contributed by atoms with Gasteiger partial charge >= 0.3 is 0 Å². The Morgan fingerprint density at radius 2 is 1.23 bits per heavy atom. The van der Waals surface area contributed by atoms with Crippen molar-refractivity contribution in [2.45, 2.75) is 5.54 Å². The summed E-state index contributed by atoms with van der Waals surface area (Å²) in [5, 5.41) is 10.2. The first-order valence-electron chi connectivity index (χ1n) is 9.05. The molecule has 3 nitrogen and oxygen atoms in total. The molecule has 132 valence electrons. The Hall–Kier alpha value is -2.62. The number of nitrogens with zero attached hydrogens (tertiary/aromatic N) is 1. The molecular formula is C23H23NO2. The minimum Gasteiger partial charge on any atom is -0.508 e. The molecule has 4 rings (SSSR count). The molecule has 0 amide bonds. The van der Waals surface area contributed by atoms with E-state index < -0.39 is 5.54 Å². The van der Waals surface area contributed by atoms with Crippen molar-refractivity contribution in [3.63, 3.8) is 0 Å². The summed E-state index contributed by atoms with van der Waals surface area (Å²) in [4.78, 5) is 2.47. The third kappa shape index (κ3) is 2.90. The van der Waals surface area contributed by atoms with Crippen molar-refractivity contribution in [3.8, 4) is 5.75 Å². The number of rotatable bonds is 4. The van der Waals surface area contributed by atoms with Gasteiger partial charge in [-0.25, -0.2) is 0 Å². The number of ether oxygens (including phenoxy) is 1. The number of phenolic OH excluding ortho intramolecular Hbond substituents is 1. The quantitative estimate of drug-likeness (QED) is 0.725. The van der Waals surface area contributed by atoms with Crippen molar-refractivity contribution in [2.75, 3.05) is 26.3 Å². The van der Waals surface area contributed by atoms with E-state index >= 15 is 0 Å². The van der Waals surface area contributed by atoms with Crippen LogP contribution in [-0.4, -0.2) is 36.3 Å². The van der Waals surface area contributed by atoms with Crippen molar-refractivity contribution >= 4 is 0 Å². The minimum absolute atomic E-state index is 0.284. The lowest BCUT2D eigenvalue weighted by Crippen LogP contribution is -2.52. The van der Waals surface area contributed by atoms with Crippen LogP contribution in [0.4, 0.5) is 0 Å². The summed E-state index contributed by atoms with van der Waals surface area (Å²) in [7, 11) is 0. The summed E-state index contributed by atoms with van der Waals surface area (Å²) in [5.41, 5.74) is 2.99. The summed E-state index contributed by atoms with van der Waals surface area (Å²) >= 11 is 0. The van der Waals surface area contributed by atoms with Gasteiger partial charge in [0.2, 0.25) is 0 Å². The van der Waals surface area contributed by atoms with E-state index in [4.69, 9.17) is 4.74 Å². The first-order valence-corrected chi connectivity index (χ1v) is 9.05. The van der Waals surface area contributed by atoms with Crippen LogP contribution in [0.1, 0.15) is 16.7 Å². The van der Waals surface area contributed by atoms with Gasteiger partial charge in [-0.15, -0.1) is 0 Å². The van der Waals surface area contributed by atoms with Gasteiger partial charge in [-0.05, 0) is 28.8 Å². The zero-order chi connectivity index (χ0) is 17.8. The molecule has 0 unspecified atom stereocenters. The average Bonchev–Trinajstić information content (AvgIpc) is 2.71. The molecule has 1 heterocycles. The van der Waals surface area contributed by atoms with Crippen molar-refractivity contribution in [1.82, 2.24) is 4.90 Å². The highest BCUT2D eigenvalue weighted by atomic mass is 16.5. The average molecular weight is 345 g/mol. The Balaban J connectivity index is 2.02. The number of phenols is 1. The molecule has 1 aliphatic rings. The van der Waals surface area contributed by atoms with E-state index in [2.05, 4.69) is 59.5 Å². The fourth-order valence-corrected chi connectivity index (χ4v) is 4.04. The Bertz CT molecular complexity index is 803. The summed E-state index contributed by atoms with van der Waals surface area (Å²) < 4.78 is 5.64. The number of benzene rings is 3. The second-order valence-electron chi connectivity index (χ2n) is 6.59. The molecule has 0 spiro atoms. The Labute approximate surface area is 154 Å². The van der Waals surface area contributed by atoms with Crippen LogP contribution >= 0.6 is 0 Å². The van der Waals surface area contributed by atoms with Crippen LogP contribution < -0.4 is 0 Å². The molecule has 1 N–H and O–H groups in total. The molecular weight excluding hydrogens is 322 g/mol. The number of hydrogen-bond donors (Lipinski definition) is 1. The second-order valence-corrected chi connectivity index (χ2v) is 6.59. The Kier molecular flexibility index (Phi) is 4.74. The second kappa shape index (κ2) is 7.32. The lowest BCUT2D eigenvalue weighted by atomic mass is 9.75. The van der Waals surface area contributed by atoms with Crippen molar-refractivity contribution in [3.05, 3.63) is 102 Å². The zero-order valence-corrected chi connectivity index (χ0v) is 14.7. The maximum Gasteiger partial charge on any atom is 0.115 e. The molecule has 3 aromatic carbocycles. The summed E-state index contributed by atoms with van der Waals surface area (Å²) in [5.74, 6) is 0.284. The summed E-state index contributed by atoms with van der Waals surface area (Å²) in [6.07, 6.45) is 0. The lowest BCUT2D eigenvalue weighted by molar-refractivity contribution is 0.00223. The number of morpholine rings is 1. The van der Waals surface area contributed by atoms with E-state index in [1.165, 1.54) is 11.1 Å². The first-order chi connectivity index (χ1) is 12.8. The van der Waals surface area contributed by atoms with E-state index in [-0.39, 0.29) is 5.75 Å². The van der Waals surface area contributed by atoms with Crippen molar-refractivity contribution in [2.24, 2.45) is 0 Å². The molecule has 0 bridgehead atoms. The fourth-order valence-electron chi connectivity index (χ4n) is 4.04. The molecule has 1 fully saturated rings. The first kappa shape index (κ1) is 16.8. The molecule has 1 saturated heterocycles. The third-order valence-corrected chi connectivity index (χ3v) is 5.13. The SMILES string of the molecule is Oc1cccc(C(c2ccccc2)(c2ccccc2)N2CCOCC2)c1. The van der Waals surface area contributed by atoms with Gasteiger partial charge in [-0.3, -0.25) is 4.90 Å². The molecule has 0 aromatic heterocycles. The van der Waals surface area contributed by atoms with E-state index in [1.54, 1.807) is 6.07 Å². The number of aromatic hydroxyl groups is 1. The monoisotopic (exact) mass is 345 g/mol. The predicted octanol–water partition coefficient (Wildman–Crippen LogP) is 4.02. The summed E-state index contributed by atoms with van der Waals surface area (Å²) in [6, 6.07) is 28.7. The third-order valence-electron chi connectivity index (χ3n) is 5.13. The van der Waals surface area contributed by atoms with Crippen molar-refractivity contribution in [1.29, 1.82) is 0 Å².